The standard InChI is InChI=1S/C13H18NO3/c15-12(10-14-6-8-16-9-7-14)11-17-13-4-2-1-3-5-13/h1-4,12,15H,6-11H2. The van der Waals surface area contributed by atoms with Gasteiger partial charge in [0.15, 0.2) is 0 Å². The van der Waals surface area contributed by atoms with E-state index in [1.165, 1.54) is 0 Å². The van der Waals surface area contributed by atoms with Gasteiger partial charge in [0, 0.05) is 25.7 Å². The Bertz CT molecular complexity index is 312. The van der Waals surface area contributed by atoms with Crippen LogP contribution < -0.4 is 4.74 Å². The van der Waals surface area contributed by atoms with Crippen molar-refractivity contribution in [1.82, 2.24) is 4.90 Å². The highest BCUT2D eigenvalue weighted by molar-refractivity contribution is 5.19. The van der Waals surface area contributed by atoms with E-state index in [1.54, 1.807) is 6.07 Å². The first-order valence-electron chi connectivity index (χ1n) is 5.92. The van der Waals surface area contributed by atoms with Gasteiger partial charge in [-0.25, -0.2) is 0 Å². The maximum atomic E-state index is 9.84. The van der Waals surface area contributed by atoms with Gasteiger partial charge in [0.1, 0.15) is 18.5 Å². The van der Waals surface area contributed by atoms with Crippen molar-refractivity contribution >= 4 is 0 Å². The molecule has 17 heavy (non-hydrogen) atoms. The number of morpholine rings is 1. The van der Waals surface area contributed by atoms with Gasteiger partial charge in [-0.3, -0.25) is 4.90 Å². The van der Waals surface area contributed by atoms with Gasteiger partial charge in [0.25, 0.3) is 0 Å². The molecule has 0 bridgehead atoms. The van der Waals surface area contributed by atoms with Gasteiger partial charge in [-0.2, -0.15) is 0 Å². The second-order valence-electron chi connectivity index (χ2n) is 4.10. The summed E-state index contributed by atoms with van der Waals surface area (Å²) in [6, 6.07) is 10.4. The van der Waals surface area contributed by atoms with Crippen LogP contribution in [0.5, 0.6) is 5.75 Å². The van der Waals surface area contributed by atoms with Crippen LogP contribution in [0.1, 0.15) is 0 Å². The van der Waals surface area contributed by atoms with E-state index in [0.29, 0.717) is 18.9 Å². The largest absolute Gasteiger partial charge is 0.490 e. The zero-order valence-corrected chi connectivity index (χ0v) is 9.84. The van der Waals surface area contributed by atoms with Gasteiger partial charge in [-0.1, -0.05) is 18.2 Å². The molecular formula is C13H18NO3. The first kappa shape index (κ1) is 12.4. The van der Waals surface area contributed by atoms with Crippen LogP contribution in [0.25, 0.3) is 0 Å². The second-order valence-corrected chi connectivity index (χ2v) is 4.10. The van der Waals surface area contributed by atoms with E-state index in [4.69, 9.17) is 9.47 Å². The van der Waals surface area contributed by atoms with E-state index < -0.39 is 6.10 Å². The molecule has 1 aliphatic rings. The van der Waals surface area contributed by atoms with E-state index in [-0.39, 0.29) is 0 Å². The SMILES string of the molecule is OC(COc1[c]cccc1)CN1CCOCC1. The zero-order valence-electron chi connectivity index (χ0n) is 9.84. The van der Waals surface area contributed by atoms with Crippen LogP contribution in [0.15, 0.2) is 24.3 Å². The van der Waals surface area contributed by atoms with Crippen molar-refractivity contribution in [2.75, 3.05) is 39.5 Å². The number of aliphatic hydroxyl groups is 1. The lowest BCUT2D eigenvalue weighted by Crippen LogP contribution is -2.42. The van der Waals surface area contributed by atoms with E-state index in [2.05, 4.69) is 11.0 Å². The van der Waals surface area contributed by atoms with Gasteiger partial charge in [-0.15, -0.1) is 0 Å². The first-order chi connectivity index (χ1) is 8.34. The van der Waals surface area contributed by atoms with Gasteiger partial charge >= 0.3 is 0 Å². The Kier molecular flexibility index (Phi) is 4.79. The van der Waals surface area contributed by atoms with Gasteiger partial charge < -0.3 is 14.6 Å². The summed E-state index contributed by atoms with van der Waals surface area (Å²) in [4.78, 5) is 2.19. The molecule has 4 nitrogen and oxygen atoms in total. The molecule has 0 aliphatic carbocycles. The van der Waals surface area contributed by atoms with Crippen LogP contribution in [0, 0.1) is 6.07 Å². The summed E-state index contributed by atoms with van der Waals surface area (Å²) in [5, 5.41) is 9.84. The molecule has 1 unspecified atom stereocenters. The Morgan fingerprint density at radius 1 is 1.41 bits per heavy atom. The fourth-order valence-electron chi connectivity index (χ4n) is 1.79. The van der Waals surface area contributed by atoms with Crippen molar-refractivity contribution in [2.24, 2.45) is 0 Å². The maximum absolute atomic E-state index is 9.84. The van der Waals surface area contributed by atoms with Gasteiger partial charge in [0.05, 0.1) is 13.2 Å². The monoisotopic (exact) mass is 236 g/mol. The lowest BCUT2D eigenvalue weighted by molar-refractivity contribution is 0.00463. The van der Waals surface area contributed by atoms with E-state index in [9.17, 15) is 5.11 Å². The van der Waals surface area contributed by atoms with Gasteiger partial charge in [-0.05, 0) is 6.07 Å². The second kappa shape index (κ2) is 6.59. The lowest BCUT2D eigenvalue weighted by Gasteiger charge is -2.28. The summed E-state index contributed by atoms with van der Waals surface area (Å²) in [6.45, 7) is 4.21. The number of benzene rings is 1. The Balaban J connectivity index is 1.68. The molecule has 1 radical (unpaired) electrons. The summed E-state index contributed by atoms with van der Waals surface area (Å²) in [6.07, 6.45) is -0.471. The van der Waals surface area contributed by atoms with E-state index >= 15 is 0 Å². The first-order valence-corrected chi connectivity index (χ1v) is 5.92. The van der Waals surface area contributed by atoms with Crippen molar-refractivity contribution in [2.45, 2.75) is 6.10 Å². The number of hydrogen-bond donors (Lipinski definition) is 1. The predicted molar refractivity (Wildman–Crippen MR) is 64.0 cm³/mol. The minimum Gasteiger partial charge on any atom is -0.490 e. The summed E-state index contributed by atoms with van der Waals surface area (Å²) in [7, 11) is 0. The molecule has 0 amide bonds. The average Bonchev–Trinajstić information content (AvgIpc) is 2.39. The van der Waals surface area contributed by atoms with E-state index in [0.717, 1.165) is 26.3 Å². The molecule has 1 N–H and O–H groups in total. The summed E-state index contributed by atoms with van der Waals surface area (Å²) < 4.78 is 10.7. The van der Waals surface area contributed by atoms with Crippen LogP contribution in [0.4, 0.5) is 0 Å². The molecular weight excluding hydrogens is 218 g/mol. The quantitative estimate of drug-likeness (QED) is 0.811. The highest BCUT2D eigenvalue weighted by Gasteiger charge is 2.15. The fourth-order valence-corrected chi connectivity index (χ4v) is 1.79. The summed E-state index contributed by atoms with van der Waals surface area (Å²) >= 11 is 0. The Morgan fingerprint density at radius 2 is 2.24 bits per heavy atom. The minimum absolute atomic E-state index is 0.303. The normalized spacial score (nSPS) is 18.9. The van der Waals surface area contributed by atoms with Gasteiger partial charge in [0.2, 0.25) is 0 Å². The third-order valence-electron chi connectivity index (χ3n) is 2.68. The number of β-amino-alcohol motifs (C(OH)–C–C–N with tert-alkyl or cyclic N) is 1. The molecule has 0 saturated carbocycles. The number of rotatable bonds is 5. The number of nitrogens with zero attached hydrogens (tertiary/aromatic N) is 1. The Labute approximate surface area is 102 Å². The molecule has 0 aromatic heterocycles. The molecule has 1 atom stereocenters. The van der Waals surface area contributed by atoms with Crippen molar-refractivity contribution in [1.29, 1.82) is 0 Å². The Hall–Kier alpha value is -1.10. The predicted octanol–water partition coefficient (Wildman–Crippen LogP) is 0.559. The summed E-state index contributed by atoms with van der Waals surface area (Å²) in [5.41, 5.74) is 0. The minimum atomic E-state index is -0.471. The molecule has 93 valence electrons. The molecule has 1 aromatic carbocycles. The molecule has 1 aromatic rings. The number of para-hydroxylation sites is 1. The molecule has 4 heteroatoms. The highest BCUT2D eigenvalue weighted by atomic mass is 16.5. The van der Waals surface area contributed by atoms with Crippen LogP contribution in [0.3, 0.4) is 0 Å². The van der Waals surface area contributed by atoms with Crippen LogP contribution >= 0.6 is 0 Å². The highest BCUT2D eigenvalue weighted by Crippen LogP contribution is 2.08. The topological polar surface area (TPSA) is 41.9 Å². The Morgan fingerprint density at radius 3 is 2.94 bits per heavy atom. The van der Waals surface area contributed by atoms with Crippen LogP contribution in [-0.2, 0) is 4.74 Å². The fraction of sp³-hybridized carbons (Fsp3) is 0.538. The molecule has 1 heterocycles. The summed E-state index contributed by atoms with van der Waals surface area (Å²) in [5.74, 6) is 0.675. The third-order valence-corrected chi connectivity index (χ3v) is 2.68. The third kappa shape index (κ3) is 4.34. The molecule has 1 fully saturated rings. The lowest BCUT2D eigenvalue weighted by atomic mass is 10.3. The molecule has 2 rings (SSSR count). The van der Waals surface area contributed by atoms with Crippen molar-refractivity contribution < 1.29 is 14.6 Å². The zero-order chi connectivity index (χ0) is 11.9. The molecule has 1 aliphatic heterocycles. The number of aliphatic hydroxyl groups excluding tert-OH is 1. The number of ether oxygens (including phenoxy) is 2. The van der Waals surface area contributed by atoms with Crippen molar-refractivity contribution in [3.8, 4) is 5.75 Å². The average molecular weight is 236 g/mol. The molecule has 0 spiro atoms. The van der Waals surface area contributed by atoms with Crippen LogP contribution in [-0.4, -0.2) is 55.6 Å². The van der Waals surface area contributed by atoms with Crippen molar-refractivity contribution in [3.63, 3.8) is 0 Å². The van der Waals surface area contributed by atoms with Crippen LogP contribution in [0.2, 0.25) is 0 Å². The molecule has 1 saturated heterocycles. The number of hydrogen-bond acceptors (Lipinski definition) is 4. The smallest absolute Gasteiger partial charge is 0.127 e. The van der Waals surface area contributed by atoms with Crippen molar-refractivity contribution in [3.05, 3.63) is 30.3 Å². The maximum Gasteiger partial charge on any atom is 0.127 e. The van der Waals surface area contributed by atoms with E-state index in [1.807, 2.05) is 18.2 Å².